The number of carbonyl (C=O) groups excluding carboxylic acids is 2. The van der Waals surface area contributed by atoms with Crippen molar-refractivity contribution in [2.75, 3.05) is 5.33 Å². The fourth-order valence-electron chi connectivity index (χ4n) is 1.58. The first-order valence-corrected chi connectivity index (χ1v) is 8.44. The van der Waals surface area contributed by atoms with Crippen molar-refractivity contribution in [1.29, 1.82) is 0 Å². The fraction of sp³-hybridized carbons (Fsp3) is 0.800. The number of aliphatic carboxylic acids is 1. The second-order valence-electron chi connectivity index (χ2n) is 7.02. The van der Waals surface area contributed by atoms with Crippen LogP contribution in [-0.4, -0.2) is 50.7 Å². The summed E-state index contributed by atoms with van der Waals surface area (Å²) in [6.07, 6.45) is -1.50. The summed E-state index contributed by atoms with van der Waals surface area (Å²) in [5.74, 6) is -1.29. The van der Waals surface area contributed by atoms with E-state index in [4.69, 9.17) is 9.47 Å². The molecule has 0 fully saturated rings. The lowest BCUT2D eigenvalue weighted by atomic mass is 10.1. The number of alkyl halides is 1. The summed E-state index contributed by atoms with van der Waals surface area (Å²) in [5.41, 5.74) is -1.73. The number of imide groups is 1. The number of carboxylic acid groups (broad SMARTS) is 1. The number of amides is 2. The van der Waals surface area contributed by atoms with E-state index in [9.17, 15) is 19.5 Å². The van der Waals surface area contributed by atoms with Gasteiger partial charge in [0.15, 0.2) is 0 Å². The van der Waals surface area contributed by atoms with E-state index in [2.05, 4.69) is 15.9 Å². The predicted molar refractivity (Wildman–Crippen MR) is 88.8 cm³/mol. The minimum Gasteiger partial charge on any atom is -0.480 e. The Morgan fingerprint density at radius 2 is 1.39 bits per heavy atom. The highest BCUT2D eigenvalue weighted by Crippen LogP contribution is 2.19. The molecule has 7 nitrogen and oxygen atoms in total. The van der Waals surface area contributed by atoms with E-state index in [0.29, 0.717) is 16.7 Å². The first-order valence-electron chi connectivity index (χ1n) is 7.32. The van der Waals surface area contributed by atoms with Gasteiger partial charge in [-0.2, -0.15) is 4.90 Å². The topological polar surface area (TPSA) is 93.1 Å². The molecule has 1 atom stereocenters. The molecule has 0 aromatic heterocycles. The maximum absolute atomic E-state index is 12.3. The summed E-state index contributed by atoms with van der Waals surface area (Å²) in [6, 6.07) is -1.35. The average Bonchev–Trinajstić information content (AvgIpc) is 2.28. The standard InChI is InChI=1S/C15H26BrNO6/c1-14(2,3)22-12(20)17(13(21)23-15(4,5)6)10(11(18)19)8-7-9-16/h10H,7-9H2,1-6H3,(H,18,19)/t10-/m0/s1. The number of rotatable bonds is 5. The Kier molecular flexibility index (Phi) is 8.03. The predicted octanol–water partition coefficient (Wildman–Crippen LogP) is 3.79. The molecule has 0 bridgehead atoms. The highest BCUT2D eigenvalue weighted by atomic mass is 79.9. The number of nitrogens with zero attached hydrogens (tertiary/aromatic N) is 1. The van der Waals surface area contributed by atoms with Gasteiger partial charge >= 0.3 is 18.2 Å². The molecular weight excluding hydrogens is 370 g/mol. The van der Waals surface area contributed by atoms with E-state index >= 15 is 0 Å². The number of ether oxygens (including phenoxy) is 2. The van der Waals surface area contributed by atoms with Crippen molar-refractivity contribution in [2.45, 2.75) is 71.6 Å². The molecule has 0 spiro atoms. The molecule has 0 aromatic rings. The van der Waals surface area contributed by atoms with Gasteiger partial charge in [-0.25, -0.2) is 14.4 Å². The van der Waals surface area contributed by atoms with Gasteiger partial charge in [-0.15, -0.1) is 0 Å². The Morgan fingerprint density at radius 3 is 1.65 bits per heavy atom. The first-order chi connectivity index (χ1) is 10.3. The summed E-state index contributed by atoms with van der Waals surface area (Å²) < 4.78 is 10.3. The van der Waals surface area contributed by atoms with Crippen LogP contribution in [0.15, 0.2) is 0 Å². The highest BCUT2D eigenvalue weighted by Gasteiger charge is 2.39. The molecule has 0 aromatic carbocycles. The van der Waals surface area contributed by atoms with Crippen LogP contribution in [0.5, 0.6) is 0 Å². The molecular formula is C15H26BrNO6. The van der Waals surface area contributed by atoms with Crippen molar-refractivity contribution >= 4 is 34.1 Å². The highest BCUT2D eigenvalue weighted by molar-refractivity contribution is 9.09. The molecule has 134 valence electrons. The molecule has 0 radical (unpaired) electrons. The minimum absolute atomic E-state index is 0.0963. The zero-order valence-electron chi connectivity index (χ0n) is 14.5. The molecule has 2 amide bonds. The second-order valence-corrected chi connectivity index (χ2v) is 7.81. The number of hydrogen-bond acceptors (Lipinski definition) is 5. The van der Waals surface area contributed by atoms with E-state index in [-0.39, 0.29) is 6.42 Å². The zero-order valence-corrected chi connectivity index (χ0v) is 16.1. The van der Waals surface area contributed by atoms with Gasteiger partial charge in [-0.05, 0) is 54.4 Å². The van der Waals surface area contributed by atoms with Gasteiger partial charge in [0.05, 0.1) is 0 Å². The van der Waals surface area contributed by atoms with Crippen LogP contribution in [0.4, 0.5) is 9.59 Å². The number of carbonyl (C=O) groups is 3. The van der Waals surface area contributed by atoms with Gasteiger partial charge < -0.3 is 14.6 Å². The zero-order chi connectivity index (χ0) is 18.4. The third-order valence-electron chi connectivity index (χ3n) is 2.39. The molecule has 8 heteroatoms. The Bertz CT molecular complexity index is 410. The van der Waals surface area contributed by atoms with Gasteiger partial charge in [0.1, 0.15) is 17.2 Å². The van der Waals surface area contributed by atoms with Crippen molar-refractivity contribution < 1.29 is 29.0 Å². The summed E-state index contributed by atoms with van der Waals surface area (Å²) in [7, 11) is 0. The Morgan fingerprint density at radius 1 is 1.00 bits per heavy atom. The maximum Gasteiger partial charge on any atom is 0.420 e. The van der Waals surface area contributed by atoms with Crippen molar-refractivity contribution in [1.82, 2.24) is 4.90 Å². The largest absolute Gasteiger partial charge is 0.480 e. The summed E-state index contributed by atoms with van der Waals surface area (Å²) >= 11 is 3.20. The SMILES string of the molecule is CC(C)(C)OC(=O)N(C(=O)OC(C)(C)C)[C@@H](CCCBr)C(=O)O. The lowest BCUT2D eigenvalue weighted by Crippen LogP contribution is -2.52. The van der Waals surface area contributed by atoms with Gasteiger partial charge in [0.2, 0.25) is 0 Å². The van der Waals surface area contributed by atoms with Crippen molar-refractivity contribution in [2.24, 2.45) is 0 Å². The van der Waals surface area contributed by atoms with Crippen LogP contribution in [0, 0.1) is 0 Å². The van der Waals surface area contributed by atoms with Crippen LogP contribution in [0.1, 0.15) is 54.4 Å². The monoisotopic (exact) mass is 395 g/mol. The molecule has 23 heavy (non-hydrogen) atoms. The lowest BCUT2D eigenvalue weighted by Gasteiger charge is -2.31. The average molecular weight is 396 g/mol. The third kappa shape index (κ3) is 8.78. The summed E-state index contributed by atoms with van der Waals surface area (Å²) in [6.45, 7) is 9.79. The number of halogens is 1. The fourth-order valence-corrected chi connectivity index (χ4v) is 1.91. The van der Waals surface area contributed by atoms with Gasteiger partial charge in [0, 0.05) is 5.33 Å². The Labute approximate surface area is 145 Å². The van der Waals surface area contributed by atoms with Crippen molar-refractivity contribution in [3.63, 3.8) is 0 Å². The van der Waals surface area contributed by atoms with Gasteiger partial charge in [-0.1, -0.05) is 15.9 Å². The number of hydrogen-bond donors (Lipinski definition) is 1. The van der Waals surface area contributed by atoms with Crippen LogP contribution < -0.4 is 0 Å². The van der Waals surface area contributed by atoms with Crippen LogP contribution >= 0.6 is 15.9 Å². The van der Waals surface area contributed by atoms with E-state index in [0.717, 1.165) is 0 Å². The molecule has 0 saturated heterocycles. The molecule has 0 rings (SSSR count). The van der Waals surface area contributed by atoms with Crippen molar-refractivity contribution in [3.05, 3.63) is 0 Å². The third-order valence-corrected chi connectivity index (χ3v) is 2.95. The molecule has 1 N–H and O–H groups in total. The normalized spacial score (nSPS) is 13.2. The van der Waals surface area contributed by atoms with E-state index in [1.807, 2.05) is 0 Å². The van der Waals surface area contributed by atoms with E-state index in [1.54, 1.807) is 41.5 Å². The Hall–Kier alpha value is -1.31. The summed E-state index contributed by atoms with van der Waals surface area (Å²) in [4.78, 5) is 36.7. The second kappa shape index (κ2) is 8.52. The Balaban J connectivity index is 5.53. The molecule has 0 aliphatic rings. The lowest BCUT2D eigenvalue weighted by molar-refractivity contribution is -0.143. The van der Waals surface area contributed by atoms with E-state index in [1.165, 1.54) is 0 Å². The molecule has 0 saturated carbocycles. The molecule has 0 heterocycles. The maximum atomic E-state index is 12.3. The minimum atomic E-state index is -1.35. The van der Waals surface area contributed by atoms with Crippen molar-refractivity contribution in [3.8, 4) is 0 Å². The quantitative estimate of drug-likeness (QED) is 0.711. The molecule has 0 unspecified atom stereocenters. The van der Waals surface area contributed by atoms with Crippen LogP contribution in [0.3, 0.4) is 0 Å². The van der Waals surface area contributed by atoms with Gasteiger partial charge in [0.25, 0.3) is 0 Å². The van der Waals surface area contributed by atoms with E-state index < -0.39 is 35.4 Å². The van der Waals surface area contributed by atoms with Crippen LogP contribution in [0.2, 0.25) is 0 Å². The first kappa shape index (κ1) is 21.7. The van der Waals surface area contributed by atoms with Crippen LogP contribution in [-0.2, 0) is 14.3 Å². The molecule has 0 aliphatic carbocycles. The molecule has 0 aliphatic heterocycles. The number of carboxylic acids is 1. The summed E-state index contributed by atoms with van der Waals surface area (Å²) in [5, 5.41) is 9.94. The van der Waals surface area contributed by atoms with Gasteiger partial charge in [-0.3, -0.25) is 0 Å². The smallest absolute Gasteiger partial charge is 0.420 e. The van der Waals surface area contributed by atoms with Crippen LogP contribution in [0.25, 0.3) is 0 Å².